The number of ether oxygens (including phenoxy) is 1. The van der Waals surface area contributed by atoms with Gasteiger partial charge in [0.15, 0.2) is 0 Å². The normalized spacial score (nSPS) is 19.9. The molecule has 3 rings (SSSR count). The Morgan fingerprint density at radius 3 is 3.00 bits per heavy atom. The van der Waals surface area contributed by atoms with Crippen LogP contribution in [0.4, 0.5) is 0 Å². The first-order valence-electron chi connectivity index (χ1n) is 6.86. The van der Waals surface area contributed by atoms with E-state index in [-0.39, 0.29) is 18.1 Å². The van der Waals surface area contributed by atoms with Crippen LogP contribution in [0, 0.1) is 0 Å². The van der Waals surface area contributed by atoms with Gasteiger partial charge in [0.05, 0.1) is 17.2 Å². The van der Waals surface area contributed by atoms with E-state index in [2.05, 4.69) is 5.32 Å². The smallest absolute Gasteiger partial charge is 0.263 e. The van der Waals surface area contributed by atoms with E-state index >= 15 is 0 Å². The third-order valence-corrected chi connectivity index (χ3v) is 5.57. The minimum Gasteiger partial charge on any atom is -0.376 e. The lowest BCUT2D eigenvalue weighted by molar-refractivity contribution is 0.0715. The summed E-state index contributed by atoms with van der Waals surface area (Å²) in [5.74, 6) is -0.152. The Morgan fingerprint density at radius 1 is 1.48 bits per heavy atom. The van der Waals surface area contributed by atoms with Crippen molar-refractivity contribution < 1.29 is 9.53 Å². The van der Waals surface area contributed by atoms with Crippen LogP contribution in [0.1, 0.15) is 29.4 Å². The molecule has 1 N–H and O–H groups in total. The molecule has 0 unspecified atom stereocenters. The zero-order chi connectivity index (χ0) is 15.0. The molecule has 112 valence electrons. The third kappa shape index (κ3) is 3.04. The molecule has 0 radical (unpaired) electrons. The van der Waals surface area contributed by atoms with Gasteiger partial charge in [0.25, 0.3) is 5.91 Å². The van der Waals surface area contributed by atoms with E-state index in [0.29, 0.717) is 14.9 Å². The molecule has 3 nitrogen and oxygen atoms in total. The van der Waals surface area contributed by atoms with Crippen molar-refractivity contribution in [1.82, 2.24) is 5.32 Å². The molecule has 1 fully saturated rings. The number of hydrogen-bond donors (Lipinski definition) is 1. The Morgan fingerprint density at radius 2 is 2.29 bits per heavy atom. The topological polar surface area (TPSA) is 38.3 Å². The van der Waals surface area contributed by atoms with Crippen molar-refractivity contribution in [3.8, 4) is 0 Å². The molecule has 0 bridgehead atoms. The maximum absolute atomic E-state index is 12.4. The van der Waals surface area contributed by atoms with Crippen LogP contribution in [-0.4, -0.2) is 24.7 Å². The Bertz CT molecular complexity index is 680. The van der Waals surface area contributed by atoms with Crippen LogP contribution in [0.25, 0.3) is 10.1 Å². The highest BCUT2D eigenvalue weighted by molar-refractivity contribution is 7.21. The first kappa shape index (κ1) is 15.1. The van der Waals surface area contributed by atoms with E-state index in [4.69, 9.17) is 27.9 Å². The van der Waals surface area contributed by atoms with Crippen molar-refractivity contribution in [2.75, 3.05) is 6.61 Å². The lowest BCUT2D eigenvalue weighted by Crippen LogP contribution is -2.40. The minimum atomic E-state index is -0.152. The Hall–Kier alpha value is -0.810. The first-order chi connectivity index (χ1) is 10.1. The summed E-state index contributed by atoms with van der Waals surface area (Å²) in [6.45, 7) is 2.74. The average Bonchev–Trinajstić information content (AvgIpc) is 3.07. The van der Waals surface area contributed by atoms with Crippen molar-refractivity contribution >= 4 is 50.5 Å². The molecule has 2 aromatic rings. The van der Waals surface area contributed by atoms with Crippen molar-refractivity contribution in [2.24, 2.45) is 0 Å². The van der Waals surface area contributed by atoms with Crippen LogP contribution >= 0.6 is 34.5 Å². The fourth-order valence-electron chi connectivity index (χ4n) is 2.55. The number of carbonyl (C=O) groups excluding carboxylic acids is 1. The second-order valence-electron chi connectivity index (χ2n) is 5.20. The number of nitrogens with one attached hydrogen (secondary N) is 1. The van der Waals surface area contributed by atoms with Gasteiger partial charge in [0.2, 0.25) is 0 Å². The van der Waals surface area contributed by atoms with E-state index in [1.807, 2.05) is 19.1 Å². The molecule has 2 atom stereocenters. The molecule has 1 saturated heterocycles. The van der Waals surface area contributed by atoms with Crippen LogP contribution in [0.15, 0.2) is 18.2 Å². The molecule has 2 heterocycles. The van der Waals surface area contributed by atoms with Gasteiger partial charge < -0.3 is 10.1 Å². The Labute approximate surface area is 137 Å². The second kappa shape index (κ2) is 6.13. The zero-order valence-corrected chi connectivity index (χ0v) is 13.8. The number of fused-ring (bicyclic) bond motifs is 1. The monoisotopic (exact) mass is 343 g/mol. The number of amides is 1. The average molecular weight is 344 g/mol. The fourth-order valence-corrected chi connectivity index (χ4v) is 4.24. The number of halogens is 2. The summed E-state index contributed by atoms with van der Waals surface area (Å²) in [6.07, 6.45) is 2.13. The van der Waals surface area contributed by atoms with Gasteiger partial charge in [-0.25, -0.2) is 0 Å². The molecular formula is C15H15Cl2NO2S. The van der Waals surface area contributed by atoms with Gasteiger partial charge in [0.1, 0.15) is 4.88 Å². The van der Waals surface area contributed by atoms with E-state index in [1.165, 1.54) is 11.3 Å². The summed E-state index contributed by atoms with van der Waals surface area (Å²) in [5, 5.41) is 4.97. The maximum atomic E-state index is 12.4. The van der Waals surface area contributed by atoms with E-state index in [9.17, 15) is 4.79 Å². The van der Waals surface area contributed by atoms with Crippen molar-refractivity contribution in [1.29, 1.82) is 0 Å². The number of benzene rings is 1. The SMILES string of the molecule is C[C@H](NC(=O)c1sc2cc(Cl)ccc2c1Cl)[C@@H]1CCCO1. The van der Waals surface area contributed by atoms with Crippen LogP contribution < -0.4 is 5.32 Å². The van der Waals surface area contributed by atoms with Crippen LogP contribution in [-0.2, 0) is 4.74 Å². The quantitative estimate of drug-likeness (QED) is 0.890. The lowest BCUT2D eigenvalue weighted by atomic mass is 10.1. The molecule has 21 heavy (non-hydrogen) atoms. The molecule has 1 aromatic heterocycles. The molecule has 0 aliphatic carbocycles. The van der Waals surface area contributed by atoms with E-state index < -0.39 is 0 Å². The Kier molecular flexibility index (Phi) is 4.41. The second-order valence-corrected chi connectivity index (χ2v) is 7.07. The van der Waals surface area contributed by atoms with Crippen LogP contribution in [0.2, 0.25) is 10.0 Å². The summed E-state index contributed by atoms with van der Waals surface area (Å²) in [7, 11) is 0. The number of rotatable bonds is 3. The van der Waals surface area contributed by atoms with E-state index in [1.54, 1.807) is 6.07 Å². The highest BCUT2D eigenvalue weighted by Crippen LogP contribution is 2.36. The largest absolute Gasteiger partial charge is 0.376 e. The summed E-state index contributed by atoms with van der Waals surface area (Å²) < 4.78 is 6.51. The Balaban J connectivity index is 1.82. The zero-order valence-electron chi connectivity index (χ0n) is 11.5. The van der Waals surface area contributed by atoms with Crippen molar-refractivity contribution in [2.45, 2.75) is 31.9 Å². The summed E-state index contributed by atoms with van der Waals surface area (Å²) in [5.41, 5.74) is 0. The summed E-state index contributed by atoms with van der Waals surface area (Å²) in [4.78, 5) is 12.9. The highest BCUT2D eigenvalue weighted by Gasteiger charge is 2.25. The van der Waals surface area contributed by atoms with Gasteiger partial charge in [-0.05, 0) is 31.9 Å². The predicted molar refractivity (Wildman–Crippen MR) is 87.7 cm³/mol. The first-order valence-corrected chi connectivity index (χ1v) is 8.43. The summed E-state index contributed by atoms with van der Waals surface area (Å²) in [6, 6.07) is 5.42. The molecular weight excluding hydrogens is 329 g/mol. The molecule has 0 spiro atoms. The molecule has 1 aliphatic rings. The standard InChI is InChI=1S/C15H15Cl2NO2S/c1-8(11-3-2-6-20-11)18-15(19)14-13(17)10-5-4-9(16)7-12(10)21-14/h4-5,7-8,11H,2-3,6H2,1H3,(H,18,19)/t8-,11-/m0/s1. The predicted octanol–water partition coefficient (Wildman–Crippen LogP) is 4.51. The van der Waals surface area contributed by atoms with Gasteiger partial charge in [-0.2, -0.15) is 0 Å². The number of thiophene rings is 1. The van der Waals surface area contributed by atoms with Crippen molar-refractivity contribution in [3.63, 3.8) is 0 Å². The highest BCUT2D eigenvalue weighted by atomic mass is 35.5. The third-order valence-electron chi connectivity index (χ3n) is 3.68. The fraction of sp³-hybridized carbons (Fsp3) is 0.400. The lowest BCUT2D eigenvalue weighted by Gasteiger charge is -2.19. The molecule has 1 aromatic carbocycles. The molecule has 1 amide bonds. The van der Waals surface area contributed by atoms with Crippen LogP contribution in [0.3, 0.4) is 0 Å². The molecule has 1 aliphatic heterocycles. The number of carbonyl (C=O) groups is 1. The van der Waals surface area contributed by atoms with Gasteiger partial charge in [0, 0.05) is 21.7 Å². The van der Waals surface area contributed by atoms with Crippen molar-refractivity contribution in [3.05, 3.63) is 33.1 Å². The number of hydrogen-bond acceptors (Lipinski definition) is 3. The van der Waals surface area contributed by atoms with Crippen LogP contribution in [0.5, 0.6) is 0 Å². The van der Waals surface area contributed by atoms with Gasteiger partial charge >= 0.3 is 0 Å². The molecule has 6 heteroatoms. The van der Waals surface area contributed by atoms with Gasteiger partial charge in [-0.3, -0.25) is 4.79 Å². The van der Waals surface area contributed by atoms with Gasteiger partial charge in [-0.1, -0.05) is 29.3 Å². The van der Waals surface area contributed by atoms with E-state index in [0.717, 1.165) is 29.5 Å². The summed E-state index contributed by atoms with van der Waals surface area (Å²) >= 11 is 13.7. The van der Waals surface area contributed by atoms with Gasteiger partial charge in [-0.15, -0.1) is 11.3 Å². The minimum absolute atomic E-state index is 0.0233. The molecule has 0 saturated carbocycles. The maximum Gasteiger partial charge on any atom is 0.263 e.